The Balaban J connectivity index is 2.30. The van der Waals surface area contributed by atoms with Crippen LogP contribution in [-0.2, 0) is 13.1 Å². The SMILES string of the molecule is CCn1nccc1CNCCN(C(C)C)C(C)C. The van der Waals surface area contributed by atoms with Gasteiger partial charge in [0.15, 0.2) is 0 Å². The topological polar surface area (TPSA) is 33.1 Å². The van der Waals surface area contributed by atoms with Crippen molar-refractivity contribution in [3.63, 3.8) is 0 Å². The maximum absolute atomic E-state index is 4.27. The average Bonchev–Trinajstić information content (AvgIpc) is 2.75. The van der Waals surface area contributed by atoms with Gasteiger partial charge in [0.2, 0.25) is 0 Å². The minimum absolute atomic E-state index is 0.605. The fourth-order valence-electron chi connectivity index (χ4n) is 2.33. The van der Waals surface area contributed by atoms with E-state index in [-0.39, 0.29) is 0 Å². The van der Waals surface area contributed by atoms with Gasteiger partial charge in [-0.3, -0.25) is 9.58 Å². The molecular formula is C14H28N4. The minimum Gasteiger partial charge on any atom is -0.310 e. The molecule has 4 nitrogen and oxygen atoms in total. The Morgan fingerprint density at radius 1 is 1.28 bits per heavy atom. The zero-order valence-corrected chi connectivity index (χ0v) is 12.5. The van der Waals surface area contributed by atoms with Crippen molar-refractivity contribution in [2.75, 3.05) is 13.1 Å². The average molecular weight is 252 g/mol. The maximum Gasteiger partial charge on any atom is 0.0521 e. The lowest BCUT2D eigenvalue weighted by Crippen LogP contribution is -2.41. The molecule has 1 N–H and O–H groups in total. The Morgan fingerprint density at radius 3 is 2.50 bits per heavy atom. The number of rotatable bonds is 8. The Bertz CT molecular complexity index is 322. The molecule has 0 fully saturated rings. The third-order valence-electron chi connectivity index (χ3n) is 3.28. The van der Waals surface area contributed by atoms with E-state index in [9.17, 15) is 0 Å². The van der Waals surface area contributed by atoms with E-state index < -0.39 is 0 Å². The molecule has 4 heteroatoms. The number of aromatic nitrogens is 2. The molecule has 0 bridgehead atoms. The summed E-state index contributed by atoms with van der Waals surface area (Å²) in [5, 5.41) is 7.77. The fraction of sp³-hybridized carbons (Fsp3) is 0.786. The lowest BCUT2D eigenvalue weighted by atomic mass is 10.2. The molecule has 1 aromatic heterocycles. The first-order chi connectivity index (χ1) is 8.56. The molecule has 0 saturated heterocycles. The molecule has 1 rings (SSSR count). The van der Waals surface area contributed by atoms with E-state index in [1.54, 1.807) is 0 Å². The quantitative estimate of drug-likeness (QED) is 0.719. The first-order valence-corrected chi connectivity index (χ1v) is 7.03. The maximum atomic E-state index is 4.27. The highest BCUT2D eigenvalue weighted by molar-refractivity contribution is 4.99. The van der Waals surface area contributed by atoms with E-state index in [1.807, 2.05) is 10.9 Å². The second-order valence-corrected chi connectivity index (χ2v) is 5.24. The van der Waals surface area contributed by atoms with Crippen LogP contribution in [0.2, 0.25) is 0 Å². The summed E-state index contributed by atoms with van der Waals surface area (Å²) in [6.07, 6.45) is 1.87. The van der Waals surface area contributed by atoms with Crippen molar-refractivity contribution >= 4 is 0 Å². The van der Waals surface area contributed by atoms with E-state index in [0.29, 0.717) is 12.1 Å². The summed E-state index contributed by atoms with van der Waals surface area (Å²) in [5.41, 5.74) is 1.26. The lowest BCUT2D eigenvalue weighted by molar-refractivity contribution is 0.175. The van der Waals surface area contributed by atoms with Crippen LogP contribution < -0.4 is 5.32 Å². The molecule has 0 unspecified atom stereocenters. The zero-order chi connectivity index (χ0) is 13.5. The lowest BCUT2D eigenvalue weighted by Gasteiger charge is -2.30. The predicted octanol–water partition coefficient (Wildman–Crippen LogP) is 2.11. The molecule has 1 aromatic rings. The summed E-state index contributed by atoms with van der Waals surface area (Å²) >= 11 is 0. The van der Waals surface area contributed by atoms with Crippen molar-refractivity contribution < 1.29 is 0 Å². The number of nitrogens with zero attached hydrogens (tertiary/aromatic N) is 3. The number of nitrogens with one attached hydrogen (secondary N) is 1. The third kappa shape index (κ3) is 4.42. The molecule has 104 valence electrons. The van der Waals surface area contributed by atoms with E-state index >= 15 is 0 Å². The van der Waals surface area contributed by atoms with Crippen LogP contribution in [-0.4, -0.2) is 39.9 Å². The fourth-order valence-corrected chi connectivity index (χ4v) is 2.33. The Hall–Kier alpha value is -0.870. The molecule has 0 radical (unpaired) electrons. The molecule has 0 aliphatic carbocycles. The van der Waals surface area contributed by atoms with Gasteiger partial charge in [-0.25, -0.2) is 0 Å². The Labute approximate surface area is 111 Å². The van der Waals surface area contributed by atoms with Gasteiger partial charge in [0.05, 0.1) is 5.69 Å². The van der Waals surface area contributed by atoms with Crippen LogP contribution in [0.4, 0.5) is 0 Å². The number of hydrogen-bond donors (Lipinski definition) is 1. The molecule has 0 atom stereocenters. The number of aryl methyl sites for hydroxylation is 1. The van der Waals surface area contributed by atoms with Crippen LogP contribution in [0.5, 0.6) is 0 Å². The molecule has 0 aliphatic rings. The molecule has 0 aliphatic heterocycles. The Kier molecular flexibility index (Phi) is 6.36. The highest BCUT2D eigenvalue weighted by Gasteiger charge is 2.12. The van der Waals surface area contributed by atoms with Crippen LogP contribution in [0.3, 0.4) is 0 Å². The summed E-state index contributed by atoms with van der Waals surface area (Å²) in [7, 11) is 0. The molecule has 1 heterocycles. The zero-order valence-electron chi connectivity index (χ0n) is 12.5. The predicted molar refractivity (Wildman–Crippen MR) is 76.6 cm³/mol. The minimum atomic E-state index is 0.605. The van der Waals surface area contributed by atoms with Crippen LogP contribution in [0.1, 0.15) is 40.3 Å². The van der Waals surface area contributed by atoms with Crippen molar-refractivity contribution in [1.29, 1.82) is 0 Å². The van der Waals surface area contributed by atoms with E-state index in [1.165, 1.54) is 5.69 Å². The smallest absolute Gasteiger partial charge is 0.0521 e. The van der Waals surface area contributed by atoms with Gasteiger partial charge in [-0.05, 0) is 40.7 Å². The second kappa shape index (κ2) is 7.54. The molecule has 0 saturated carbocycles. The van der Waals surface area contributed by atoms with Gasteiger partial charge in [0.1, 0.15) is 0 Å². The van der Waals surface area contributed by atoms with E-state index in [2.05, 4.69) is 56.0 Å². The molecule has 18 heavy (non-hydrogen) atoms. The van der Waals surface area contributed by atoms with Gasteiger partial charge in [-0.1, -0.05) is 0 Å². The summed E-state index contributed by atoms with van der Waals surface area (Å²) in [5.74, 6) is 0. The van der Waals surface area contributed by atoms with Gasteiger partial charge < -0.3 is 5.32 Å². The highest BCUT2D eigenvalue weighted by atomic mass is 15.3. The second-order valence-electron chi connectivity index (χ2n) is 5.24. The van der Waals surface area contributed by atoms with Crippen LogP contribution in [0.25, 0.3) is 0 Å². The summed E-state index contributed by atoms with van der Waals surface area (Å²) in [4.78, 5) is 2.50. The van der Waals surface area contributed by atoms with Crippen molar-refractivity contribution in [2.45, 2.75) is 59.8 Å². The van der Waals surface area contributed by atoms with E-state index in [4.69, 9.17) is 0 Å². The van der Waals surface area contributed by atoms with Crippen molar-refractivity contribution in [2.24, 2.45) is 0 Å². The van der Waals surface area contributed by atoms with Crippen LogP contribution in [0.15, 0.2) is 12.3 Å². The van der Waals surface area contributed by atoms with Gasteiger partial charge >= 0.3 is 0 Å². The van der Waals surface area contributed by atoms with Crippen molar-refractivity contribution in [3.05, 3.63) is 18.0 Å². The summed E-state index contributed by atoms with van der Waals surface area (Å²) < 4.78 is 2.04. The van der Waals surface area contributed by atoms with Crippen molar-refractivity contribution in [3.8, 4) is 0 Å². The van der Waals surface area contributed by atoms with Crippen LogP contribution >= 0.6 is 0 Å². The monoisotopic (exact) mass is 252 g/mol. The van der Waals surface area contributed by atoms with Gasteiger partial charge in [0.25, 0.3) is 0 Å². The van der Waals surface area contributed by atoms with Gasteiger partial charge in [-0.2, -0.15) is 5.10 Å². The normalized spacial score (nSPS) is 12.0. The number of hydrogen-bond acceptors (Lipinski definition) is 3. The van der Waals surface area contributed by atoms with Gasteiger partial charge in [-0.15, -0.1) is 0 Å². The standard InChI is InChI=1S/C14H28N4/c1-6-18-14(7-8-16-18)11-15-9-10-17(12(2)3)13(4)5/h7-8,12-13,15H,6,9-11H2,1-5H3. The largest absolute Gasteiger partial charge is 0.310 e. The molecule has 0 aromatic carbocycles. The first-order valence-electron chi connectivity index (χ1n) is 7.03. The first kappa shape index (κ1) is 15.2. The van der Waals surface area contributed by atoms with Gasteiger partial charge in [0, 0.05) is 44.5 Å². The molecular weight excluding hydrogens is 224 g/mol. The van der Waals surface area contributed by atoms with Crippen LogP contribution in [0, 0.1) is 0 Å². The molecule has 0 spiro atoms. The summed E-state index contributed by atoms with van der Waals surface area (Å²) in [6, 6.07) is 3.29. The summed E-state index contributed by atoms with van der Waals surface area (Å²) in [6.45, 7) is 15.1. The molecule has 0 amide bonds. The highest BCUT2D eigenvalue weighted by Crippen LogP contribution is 2.03. The van der Waals surface area contributed by atoms with E-state index in [0.717, 1.165) is 26.2 Å². The van der Waals surface area contributed by atoms with Crippen molar-refractivity contribution in [1.82, 2.24) is 20.0 Å². The third-order valence-corrected chi connectivity index (χ3v) is 3.28. The Morgan fingerprint density at radius 2 is 1.94 bits per heavy atom.